The van der Waals surface area contributed by atoms with E-state index in [1.54, 1.807) is 11.8 Å². The van der Waals surface area contributed by atoms with Gasteiger partial charge in [0, 0.05) is 21.2 Å². The molecule has 2 aromatic rings. The minimum absolute atomic E-state index is 0.0730. The van der Waals surface area contributed by atoms with Gasteiger partial charge in [0.25, 0.3) is 0 Å². The summed E-state index contributed by atoms with van der Waals surface area (Å²) in [6, 6.07) is 14.8. The number of halogens is 1. The molecule has 1 nitrogen and oxygen atoms in total. The smallest absolute Gasteiger partial charge is 0.0393 e. The first-order valence-corrected chi connectivity index (χ1v) is 8.06. The van der Waals surface area contributed by atoms with Gasteiger partial charge in [-0.2, -0.15) is 0 Å². The van der Waals surface area contributed by atoms with E-state index in [9.17, 15) is 0 Å². The highest BCUT2D eigenvalue weighted by molar-refractivity contribution is 9.10. The minimum atomic E-state index is 0.0730. The maximum atomic E-state index is 6.32. The number of hydrogen-bond donors (Lipinski definition) is 1. The largest absolute Gasteiger partial charge is 0.323 e. The standard InChI is InChI=1S/C16H18BrNS/c1-11-5-3-8-15(12(11)2)16(18)10-19-14-7-4-6-13(17)9-14/h3-9,16H,10,18H2,1-2H3. The Morgan fingerprint density at radius 1 is 1.16 bits per heavy atom. The Bertz CT molecular complexity index is 568. The highest BCUT2D eigenvalue weighted by Gasteiger charge is 2.10. The van der Waals surface area contributed by atoms with E-state index in [4.69, 9.17) is 5.73 Å². The van der Waals surface area contributed by atoms with Crippen LogP contribution < -0.4 is 5.73 Å². The molecule has 0 aromatic heterocycles. The van der Waals surface area contributed by atoms with E-state index in [1.807, 2.05) is 6.07 Å². The first kappa shape index (κ1) is 14.6. The van der Waals surface area contributed by atoms with E-state index < -0.39 is 0 Å². The van der Waals surface area contributed by atoms with Crippen molar-refractivity contribution in [2.45, 2.75) is 24.8 Å². The summed E-state index contributed by atoms with van der Waals surface area (Å²) in [5, 5.41) is 0. The summed E-state index contributed by atoms with van der Waals surface area (Å²) < 4.78 is 1.11. The molecule has 0 saturated heterocycles. The zero-order valence-corrected chi connectivity index (χ0v) is 13.6. The Kier molecular flexibility index (Phi) is 5.08. The second-order valence-electron chi connectivity index (χ2n) is 4.66. The lowest BCUT2D eigenvalue weighted by molar-refractivity contribution is 0.820. The van der Waals surface area contributed by atoms with Crippen LogP contribution in [0.2, 0.25) is 0 Å². The average Bonchev–Trinajstić information content (AvgIpc) is 2.39. The summed E-state index contributed by atoms with van der Waals surface area (Å²) in [5.41, 5.74) is 10.2. The van der Waals surface area contributed by atoms with E-state index in [1.165, 1.54) is 21.6 Å². The number of rotatable bonds is 4. The molecular formula is C16H18BrNS. The van der Waals surface area contributed by atoms with Gasteiger partial charge in [-0.15, -0.1) is 11.8 Å². The maximum Gasteiger partial charge on any atom is 0.0393 e. The van der Waals surface area contributed by atoms with Crippen molar-refractivity contribution < 1.29 is 0 Å². The number of aryl methyl sites for hydroxylation is 1. The summed E-state index contributed by atoms with van der Waals surface area (Å²) in [6.45, 7) is 4.28. The third-order valence-corrected chi connectivity index (χ3v) is 4.88. The minimum Gasteiger partial charge on any atom is -0.323 e. The highest BCUT2D eigenvalue weighted by atomic mass is 79.9. The molecule has 2 N–H and O–H groups in total. The summed E-state index contributed by atoms with van der Waals surface area (Å²) in [4.78, 5) is 1.25. The topological polar surface area (TPSA) is 26.0 Å². The van der Waals surface area contributed by atoms with Gasteiger partial charge in [0.15, 0.2) is 0 Å². The lowest BCUT2D eigenvalue weighted by Crippen LogP contribution is -2.14. The van der Waals surface area contributed by atoms with Crippen molar-refractivity contribution in [2.75, 3.05) is 5.75 Å². The number of nitrogens with two attached hydrogens (primary N) is 1. The summed E-state index contributed by atoms with van der Waals surface area (Å²) in [5.74, 6) is 0.890. The Balaban J connectivity index is 2.05. The molecule has 2 aromatic carbocycles. The van der Waals surface area contributed by atoms with Gasteiger partial charge in [-0.1, -0.05) is 40.2 Å². The van der Waals surface area contributed by atoms with Gasteiger partial charge in [0.2, 0.25) is 0 Å². The number of benzene rings is 2. The zero-order valence-electron chi connectivity index (χ0n) is 11.2. The van der Waals surface area contributed by atoms with Crippen LogP contribution in [0.25, 0.3) is 0 Å². The highest BCUT2D eigenvalue weighted by Crippen LogP contribution is 2.27. The van der Waals surface area contributed by atoms with Crippen LogP contribution in [0.1, 0.15) is 22.7 Å². The maximum absolute atomic E-state index is 6.32. The molecule has 0 fully saturated rings. The molecule has 0 amide bonds. The molecule has 19 heavy (non-hydrogen) atoms. The van der Waals surface area contributed by atoms with E-state index in [0.717, 1.165) is 10.2 Å². The van der Waals surface area contributed by atoms with Crippen molar-refractivity contribution in [3.8, 4) is 0 Å². The van der Waals surface area contributed by atoms with Crippen LogP contribution in [0.4, 0.5) is 0 Å². The van der Waals surface area contributed by atoms with Gasteiger partial charge in [-0.25, -0.2) is 0 Å². The molecule has 100 valence electrons. The molecule has 0 aliphatic rings. The monoisotopic (exact) mass is 335 g/mol. The van der Waals surface area contributed by atoms with Crippen molar-refractivity contribution in [1.29, 1.82) is 0 Å². The molecule has 1 atom stereocenters. The first-order valence-electron chi connectivity index (χ1n) is 6.28. The van der Waals surface area contributed by atoms with Gasteiger partial charge < -0.3 is 5.73 Å². The van der Waals surface area contributed by atoms with Crippen LogP contribution in [0.3, 0.4) is 0 Å². The summed E-state index contributed by atoms with van der Waals surface area (Å²) in [7, 11) is 0. The molecule has 3 heteroatoms. The van der Waals surface area contributed by atoms with Gasteiger partial charge in [-0.3, -0.25) is 0 Å². The molecule has 0 aliphatic carbocycles. The Labute approximate surface area is 127 Å². The van der Waals surface area contributed by atoms with E-state index in [2.05, 4.69) is 66.2 Å². The molecular weight excluding hydrogens is 318 g/mol. The van der Waals surface area contributed by atoms with Crippen LogP contribution in [0.5, 0.6) is 0 Å². The number of thioether (sulfide) groups is 1. The second-order valence-corrected chi connectivity index (χ2v) is 6.67. The summed E-state index contributed by atoms with van der Waals surface area (Å²) >= 11 is 5.29. The Morgan fingerprint density at radius 3 is 2.63 bits per heavy atom. The molecule has 2 rings (SSSR count). The fourth-order valence-electron chi connectivity index (χ4n) is 2.01. The van der Waals surface area contributed by atoms with Crippen LogP contribution in [0.15, 0.2) is 51.8 Å². The third-order valence-electron chi connectivity index (χ3n) is 3.27. The SMILES string of the molecule is Cc1cccc(C(N)CSc2cccc(Br)c2)c1C. The molecule has 0 bridgehead atoms. The van der Waals surface area contributed by atoms with Crippen molar-refractivity contribution in [2.24, 2.45) is 5.73 Å². The van der Waals surface area contributed by atoms with E-state index >= 15 is 0 Å². The van der Waals surface area contributed by atoms with Gasteiger partial charge in [0.1, 0.15) is 0 Å². The van der Waals surface area contributed by atoms with Crippen molar-refractivity contribution in [3.63, 3.8) is 0 Å². The molecule has 0 aliphatic heterocycles. The van der Waals surface area contributed by atoms with E-state index in [0.29, 0.717) is 0 Å². The van der Waals surface area contributed by atoms with Crippen molar-refractivity contribution in [1.82, 2.24) is 0 Å². The second kappa shape index (κ2) is 6.60. The Morgan fingerprint density at radius 2 is 1.89 bits per heavy atom. The molecule has 0 heterocycles. The zero-order chi connectivity index (χ0) is 13.8. The fourth-order valence-corrected chi connectivity index (χ4v) is 3.50. The third kappa shape index (κ3) is 3.85. The molecule has 0 spiro atoms. The van der Waals surface area contributed by atoms with Crippen molar-refractivity contribution in [3.05, 3.63) is 63.6 Å². The van der Waals surface area contributed by atoms with Crippen LogP contribution in [-0.2, 0) is 0 Å². The van der Waals surface area contributed by atoms with Crippen molar-refractivity contribution >= 4 is 27.7 Å². The van der Waals surface area contributed by atoms with Gasteiger partial charge in [0.05, 0.1) is 0 Å². The van der Waals surface area contributed by atoms with E-state index in [-0.39, 0.29) is 6.04 Å². The lowest BCUT2D eigenvalue weighted by atomic mass is 9.99. The first-order chi connectivity index (χ1) is 9.08. The molecule has 0 saturated carbocycles. The Hall–Kier alpha value is -0.770. The quantitative estimate of drug-likeness (QED) is 0.807. The van der Waals surface area contributed by atoms with Crippen LogP contribution >= 0.6 is 27.7 Å². The van der Waals surface area contributed by atoms with Gasteiger partial charge >= 0.3 is 0 Å². The van der Waals surface area contributed by atoms with Crippen LogP contribution in [-0.4, -0.2) is 5.75 Å². The van der Waals surface area contributed by atoms with Gasteiger partial charge in [-0.05, 0) is 48.7 Å². The lowest BCUT2D eigenvalue weighted by Gasteiger charge is -2.16. The predicted octanol–water partition coefficient (Wildman–Crippen LogP) is 4.86. The number of hydrogen-bond acceptors (Lipinski definition) is 2. The summed E-state index contributed by atoms with van der Waals surface area (Å²) in [6.07, 6.45) is 0. The normalized spacial score (nSPS) is 12.4. The molecule has 0 radical (unpaired) electrons. The fraction of sp³-hybridized carbons (Fsp3) is 0.250. The molecule has 1 unspecified atom stereocenters. The van der Waals surface area contributed by atoms with Crippen LogP contribution in [0, 0.1) is 13.8 Å². The average molecular weight is 336 g/mol. The predicted molar refractivity (Wildman–Crippen MR) is 87.7 cm³/mol.